The molecule has 0 amide bonds. The minimum absolute atomic E-state index is 0.0229. The van der Waals surface area contributed by atoms with Gasteiger partial charge in [0.05, 0.1) is 6.85 Å². The van der Waals surface area contributed by atoms with Gasteiger partial charge in [-0.15, -0.1) is 12.6 Å². The molecule has 0 unspecified atom stereocenters. The Morgan fingerprint density at radius 1 is 0.592 bits per heavy atom. The number of hydrogen-bond donors (Lipinski definition) is 1. The van der Waals surface area contributed by atoms with Crippen molar-refractivity contribution in [2.24, 2.45) is 0 Å². The molecule has 0 atom stereocenters. The van der Waals surface area contributed by atoms with E-state index in [9.17, 15) is 0 Å². The summed E-state index contributed by atoms with van der Waals surface area (Å²) in [6.07, 6.45) is 0. The molecule has 0 aliphatic carbocycles. The van der Waals surface area contributed by atoms with Crippen molar-refractivity contribution in [3.8, 4) is 0 Å². The second kappa shape index (κ2) is 11.7. The van der Waals surface area contributed by atoms with Crippen molar-refractivity contribution in [3.63, 3.8) is 0 Å². The van der Waals surface area contributed by atoms with Crippen LogP contribution in [0.1, 0.15) is 97.0 Å². The summed E-state index contributed by atoms with van der Waals surface area (Å²) in [5.41, 5.74) is 12.1. The first-order valence-corrected chi connectivity index (χ1v) is 17.7. The van der Waals surface area contributed by atoms with E-state index in [1.165, 1.54) is 11.1 Å². The van der Waals surface area contributed by atoms with E-state index in [-0.39, 0.29) is 52.8 Å². The Bertz CT molecular complexity index is 2350. The minimum Gasteiger partial charge on any atom is -0.311 e. The van der Waals surface area contributed by atoms with E-state index in [1.54, 1.807) is 0 Å². The van der Waals surface area contributed by atoms with Gasteiger partial charge in [0.15, 0.2) is 0 Å². The highest BCUT2D eigenvalue weighted by Crippen LogP contribution is 2.46. The zero-order chi connectivity index (χ0) is 39.4. The lowest BCUT2D eigenvalue weighted by Crippen LogP contribution is -2.53. The van der Waals surface area contributed by atoms with Crippen LogP contribution < -0.4 is 20.7 Å². The van der Waals surface area contributed by atoms with Crippen molar-refractivity contribution in [2.75, 3.05) is 9.80 Å². The van der Waals surface area contributed by atoms with Crippen molar-refractivity contribution in [1.82, 2.24) is 0 Å². The molecule has 5 aromatic rings. The highest BCUT2D eigenvalue weighted by atomic mass is 32.1. The van der Waals surface area contributed by atoms with Crippen LogP contribution in [-0.2, 0) is 16.2 Å². The molecule has 0 bridgehead atoms. The van der Waals surface area contributed by atoms with Gasteiger partial charge in [-0.05, 0) is 111 Å². The largest absolute Gasteiger partial charge is 0.311 e. The maximum Gasteiger partial charge on any atom is 0.244 e. The van der Waals surface area contributed by atoms with Crippen molar-refractivity contribution < 1.29 is 6.85 Å². The molecule has 0 radical (unpaired) electrons. The number of thiol groups is 1. The third kappa shape index (κ3) is 5.93. The number of anilines is 5. The van der Waals surface area contributed by atoms with Gasteiger partial charge in [-0.3, -0.25) is 0 Å². The van der Waals surface area contributed by atoms with Crippen molar-refractivity contribution in [1.29, 1.82) is 0 Å². The lowest BCUT2D eigenvalue weighted by Gasteiger charge is -2.43. The highest BCUT2D eigenvalue weighted by molar-refractivity contribution is 7.80. The first kappa shape index (κ1) is 27.7. The van der Waals surface area contributed by atoms with E-state index in [4.69, 9.17) is 19.5 Å². The van der Waals surface area contributed by atoms with Crippen molar-refractivity contribution in [2.45, 2.75) is 90.4 Å². The Hall–Kier alpha value is -4.15. The van der Waals surface area contributed by atoms with Crippen molar-refractivity contribution in [3.05, 3.63) is 137 Å². The molecule has 0 saturated heterocycles. The van der Waals surface area contributed by atoms with Gasteiger partial charge in [0, 0.05) is 44.6 Å². The van der Waals surface area contributed by atoms with E-state index in [1.807, 2.05) is 4.90 Å². The monoisotopic (exact) mass is 665 g/mol. The van der Waals surface area contributed by atoms with Crippen LogP contribution in [0.2, 0.25) is 0 Å². The number of benzene rings is 5. The third-order valence-electron chi connectivity index (χ3n) is 9.95. The van der Waals surface area contributed by atoms with E-state index < -0.39 is 6.04 Å². The van der Waals surface area contributed by atoms with E-state index >= 15 is 0 Å². The molecule has 0 spiro atoms. The summed E-state index contributed by atoms with van der Waals surface area (Å²) in [4.78, 5) is 5.12. The maximum absolute atomic E-state index is 9.15. The number of nitrogens with zero attached hydrogens (tertiary/aromatic N) is 2. The Balaban J connectivity index is 1.62. The number of fused-ring (bicyclic) bond motifs is 2. The average Bonchev–Trinajstić information content (AvgIpc) is 3.09. The molecule has 2 aliphatic rings. The summed E-state index contributed by atoms with van der Waals surface area (Å²) >= 11 is 5.10. The van der Waals surface area contributed by atoms with Gasteiger partial charge in [0.2, 0.25) is 6.71 Å². The minimum atomic E-state index is -0.407. The summed E-state index contributed by atoms with van der Waals surface area (Å²) in [7, 11) is 0. The molecule has 0 saturated carbocycles. The first-order valence-electron chi connectivity index (χ1n) is 19.7. The Kier molecular flexibility index (Phi) is 6.62. The van der Waals surface area contributed by atoms with Crippen LogP contribution in [0, 0.1) is 6.92 Å². The standard InChI is InChI=1S/C45H49BN2S/c1-29-24-38-42-39(25-29)48(34-20-16-30(17-21-34)43(2,3)4)40(35-26-31(44(5,6)7)19-23-41(35)49)28-46(42)36-27-32(45(8,9)10)18-22-37(36)47(38)33-14-12-11-13-15-33/h11-28,49H,1-10H3/i11D,12D,13D,14D,15D. The fourth-order valence-electron chi connectivity index (χ4n) is 7.15. The molecule has 0 aromatic heterocycles. The van der Waals surface area contributed by atoms with Gasteiger partial charge in [-0.2, -0.15) is 0 Å². The number of aryl methyl sites for hydroxylation is 1. The molecule has 2 heterocycles. The predicted molar refractivity (Wildman–Crippen MR) is 217 cm³/mol. The molecule has 0 fully saturated rings. The number of rotatable bonds is 3. The Labute approximate surface area is 307 Å². The zero-order valence-corrected chi connectivity index (χ0v) is 31.3. The molecule has 49 heavy (non-hydrogen) atoms. The van der Waals surface area contributed by atoms with Gasteiger partial charge in [0.1, 0.15) is 0 Å². The Morgan fingerprint density at radius 2 is 1.14 bits per heavy atom. The topological polar surface area (TPSA) is 6.48 Å². The molecule has 2 aliphatic heterocycles. The molecular formula is C45H49BN2S. The van der Waals surface area contributed by atoms with Crippen LogP contribution in [0.4, 0.5) is 28.4 Å². The zero-order valence-electron chi connectivity index (χ0n) is 35.4. The summed E-state index contributed by atoms with van der Waals surface area (Å²) in [6, 6.07) is 24.5. The normalized spacial score (nSPS) is 15.9. The average molecular weight is 666 g/mol. The van der Waals surface area contributed by atoms with Crippen LogP contribution in [0.3, 0.4) is 0 Å². The van der Waals surface area contributed by atoms with Gasteiger partial charge >= 0.3 is 0 Å². The van der Waals surface area contributed by atoms with Crippen LogP contribution >= 0.6 is 12.6 Å². The maximum atomic E-state index is 9.15. The Morgan fingerprint density at radius 3 is 1.76 bits per heavy atom. The molecule has 248 valence electrons. The van der Waals surface area contributed by atoms with Gasteiger partial charge < -0.3 is 9.80 Å². The fraction of sp³-hybridized carbons (Fsp3) is 0.289. The van der Waals surface area contributed by atoms with Crippen molar-refractivity contribution >= 4 is 64.4 Å². The molecule has 0 N–H and O–H groups in total. The summed E-state index contributed by atoms with van der Waals surface area (Å²) in [5, 5.41) is 0. The predicted octanol–water partition coefficient (Wildman–Crippen LogP) is 11.3. The van der Waals surface area contributed by atoms with Crippen LogP contribution in [-0.4, -0.2) is 6.71 Å². The molecular weight excluding hydrogens is 611 g/mol. The summed E-state index contributed by atoms with van der Waals surface area (Å²) in [5.74, 6) is 2.35. The number of para-hydroxylation sites is 1. The fourth-order valence-corrected chi connectivity index (χ4v) is 7.40. The van der Waals surface area contributed by atoms with E-state index in [2.05, 4.69) is 153 Å². The van der Waals surface area contributed by atoms with Crippen LogP contribution in [0.15, 0.2) is 114 Å². The smallest absolute Gasteiger partial charge is 0.244 e. The van der Waals surface area contributed by atoms with E-state index in [0.717, 1.165) is 61.0 Å². The second-order valence-corrected chi connectivity index (χ2v) is 17.2. The van der Waals surface area contributed by atoms with Gasteiger partial charge in [0.25, 0.3) is 0 Å². The third-order valence-corrected chi connectivity index (χ3v) is 10.3. The number of hydrogen-bond acceptors (Lipinski definition) is 3. The second-order valence-electron chi connectivity index (χ2n) is 16.7. The lowest BCUT2D eigenvalue weighted by molar-refractivity contribution is 0.589. The quantitative estimate of drug-likeness (QED) is 0.151. The lowest BCUT2D eigenvalue weighted by atomic mass is 9.36. The van der Waals surface area contributed by atoms with Crippen LogP contribution in [0.5, 0.6) is 0 Å². The van der Waals surface area contributed by atoms with Gasteiger partial charge in [-0.1, -0.05) is 117 Å². The summed E-state index contributed by atoms with van der Waals surface area (Å²) in [6.45, 7) is 21.8. The van der Waals surface area contributed by atoms with E-state index in [0.29, 0.717) is 0 Å². The summed E-state index contributed by atoms with van der Waals surface area (Å²) < 4.78 is 44.0. The molecule has 4 heteroatoms. The highest BCUT2D eigenvalue weighted by Gasteiger charge is 2.41. The molecule has 7 rings (SSSR count). The van der Waals surface area contributed by atoms with Crippen LogP contribution in [0.25, 0.3) is 5.70 Å². The van der Waals surface area contributed by atoms with Gasteiger partial charge in [-0.25, -0.2) is 0 Å². The SMILES string of the molecule is [2H]c1c([2H])c([2H])c(N2c3ccc(C(C)(C)C)cc3B3C=C(c4cc(C(C)(C)C)ccc4S)N(c4ccc(C(C)(C)C)cc4)c4cc(C)cc2c43)c([2H])c1[2H]. The molecule has 5 aromatic carbocycles. The first-order chi connectivity index (χ1) is 25.1. The molecule has 2 nitrogen and oxygen atoms in total.